The predicted molar refractivity (Wildman–Crippen MR) is 73.8 cm³/mol. The molecule has 0 bridgehead atoms. The fourth-order valence-electron chi connectivity index (χ4n) is 2.04. The van der Waals surface area contributed by atoms with Gasteiger partial charge in [-0.1, -0.05) is 19.9 Å². The lowest BCUT2D eigenvalue weighted by Gasteiger charge is -2.19. The van der Waals surface area contributed by atoms with E-state index in [0.29, 0.717) is 11.6 Å². The van der Waals surface area contributed by atoms with E-state index in [-0.39, 0.29) is 10.6 Å². The molecule has 1 rings (SSSR count). The summed E-state index contributed by atoms with van der Waals surface area (Å²) in [4.78, 5) is 12.7. The van der Waals surface area contributed by atoms with Crippen LogP contribution < -0.4 is 5.32 Å². The van der Waals surface area contributed by atoms with E-state index >= 15 is 0 Å². The smallest absolute Gasteiger partial charge is 0.292 e. The number of hydrogen-bond acceptors (Lipinski definition) is 4. The molecule has 0 spiro atoms. The Morgan fingerprint density at radius 3 is 2.61 bits per heavy atom. The van der Waals surface area contributed by atoms with E-state index in [9.17, 15) is 10.1 Å². The molecule has 1 N–H and O–H groups in total. The Kier molecular flexibility index (Phi) is 5.09. The third kappa shape index (κ3) is 4.00. The summed E-state index contributed by atoms with van der Waals surface area (Å²) in [7, 11) is 3.75. The van der Waals surface area contributed by atoms with Crippen LogP contribution in [0.25, 0.3) is 0 Å². The number of nitrogens with one attached hydrogen (secondary N) is 1. The molecule has 5 nitrogen and oxygen atoms in total. The first kappa shape index (κ1) is 14.4. The van der Waals surface area contributed by atoms with Gasteiger partial charge in [0, 0.05) is 26.2 Å². The number of nitro groups is 1. The van der Waals surface area contributed by atoms with Crippen LogP contribution in [0.5, 0.6) is 0 Å². The summed E-state index contributed by atoms with van der Waals surface area (Å²) >= 11 is 0. The van der Waals surface area contributed by atoms with Gasteiger partial charge in [-0.25, -0.2) is 0 Å². The second kappa shape index (κ2) is 6.35. The average molecular weight is 251 g/mol. The van der Waals surface area contributed by atoms with Gasteiger partial charge >= 0.3 is 0 Å². The Bertz CT molecular complexity index is 419. The van der Waals surface area contributed by atoms with Gasteiger partial charge in [-0.15, -0.1) is 0 Å². The van der Waals surface area contributed by atoms with Crippen molar-refractivity contribution >= 4 is 11.4 Å². The van der Waals surface area contributed by atoms with E-state index in [1.165, 1.54) is 0 Å². The van der Waals surface area contributed by atoms with Crippen molar-refractivity contribution in [2.24, 2.45) is 5.92 Å². The fourth-order valence-corrected chi connectivity index (χ4v) is 2.04. The lowest BCUT2D eigenvalue weighted by molar-refractivity contribution is -0.384. The third-order valence-corrected chi connectivity index (χ3v) is 2.66. The van der Waals surface area contributed by atoms with Crippen LogP contribution in [0.3, 0.4) is 0 Å². The van der Waals surface area contributed by atoms with Crippen LogP contribution in [0.4, 0.5) is 11.4 Å². The normalized spacial score (nSPS) is 11.0. The quantitative estimate of drug-likeness (QED) is 0.624. The molecule has 18 heavy (non-hydrogen) atoms. The summed E-state index contributed by atoms with van der Waals surface area (Å²) in [6.45, 7) is 6.15. The Balaban J connectivity index is 2.82. The monoisotopic (exact) mass is 251 g/mol. The zero-order valence-electron chi connectivity index (χ0n) is 11.4. The van der Waals surface area contributed by atoms with Crippen LogP contribution in [0.2, 0.25) is 0 Å². The van der Waals surface area contributed by atoms with Crippen LogP contribution >= 0.6 is 0 Å². The minimum Gasteiger partial charge on any atom is -0.383 e. The molecule has 0 saturated heterocycles. The Hall–Kier alpha value is -1.62. The van der Waals surface area contributed by atoms with Gasteiger partial charge in [0.25, 0.3) is 5.69 Å². The van der Waals surface area contributed by atoms with E-state index < -0.39 is 0 Å². The number of nitro benzene ring substituents is 1. The van der Waals surface area contributed by atoms with Crippen LogP contribution in [0.15, 0.2) is 18.2 Å². The molecule has 0 saturated carbocycles. The molecule has 0 aromatic heterocycles. The maximum absolute atomic E-state index is 10.8. The first-order chi connectivity index (χ1) is 8.43. The van der Waals surface area contributed by atoms with Crippen LogP contribution in [-0.2, 0) is 6.54 Å². The SMILES string of the molecule is CNc1cc(CN(C)CC(C)C)ccc1[N+](=O)[O-]. The highest BCUT2D eigenvalue weighted by Gasteiger charge is 2.13. The number of rotatable bonds is 6. The summed E-state index contributed by atoms with van der Waals surface area (Å²) in [6, 6.07) is 5.22. The van der Waals surface area contributed by atoms with Crippen molar-refractivity contribution in [1.82, 2.24) is 4.90 Å². The van der Waals surface area contributed by atoms with Gasteiger partial charge in [0.05, 0.1) is 4.92 Å². The summed E-state index contributed by atoms with van der Waals surface area (Å²) in [5, 5.41) is 13.7. The maximum Gasteiger partial charge on any atom is 0.292 e. The average Bonchev–Trinajstić information content (AvgIpc) is 2.27. The highest BCUT2D eigenvalue weighted by atomic mass is 16.6. The topological polar surface area (TPSA) is 58.4 Å². The van der Waals surface area contributed by atoms with Gasteiger partial charge in [0.1, 0.15) is 5.69 Å². The first-order valence-corrected chi connectivity index (χ1v) is 6.07. The van der Waals surface area contributed by atoms with Crippen LogP contribution in [0, 0.1) is 16.0 Å². The lowest BCUT2D eigenvalue weighted by Crippen LogP contribution is -2.22. The summed E-state index contributed by atoms with van der Waals surface area (Å²) in [5.41, 5.74) is 1.76. The molecule has 0 fully saturated rings. The minimum absolute atomic E-state index is 0.118. The number of nitrogens with zero attached hydrogens (tertiary/aromatic N) is 2. The maximum atomic E-state index is 10.8. The lowest BCUT2D eigenvalue weighted by atomic mass is 10.1. The van der Waals surface area contributed by atoms with E-state index in [2.05, 4.69) is 31.1 Å². The fraction of sp³-hybridized carbons (Fsp3) is 0.538. The molecular formula is C13H21N3O2. The Morgan fingerprint density at radius 2 is 2.11 bits per heavy atom. The molecule has 1 aromatic carbocycles. The van der Waals surface area contributed by atoms with Crippen LogP contribution in [-0.4, -0.2) is 30.5 Å². The molecule has 0 atom stereocenters. The highest BCUT2D eigenvalue weighted by molar-refractivity contribution is 5.62. The van der Waals surface area contributed by atoms with E-state index in [1.54, 1.807) is 13.1 Å². The molecule has 0 radical (unpaired) electrons. The van der Waals surface area contributed by atoms with Gasteiger partial charge in [0.2, 0.25) is 0 Å². The molecule has 0 unspecified atom stereocenters. The number of benzene rings is 1. The predicted octanol–water partition coefficient (Wildman–Crippen LogP) is 2.72. The Morgan fingerprint density at radius 1 is 1.44 bits per heavy atom. The summed E-state index contributed by atoms with van der Waals surface area (Å²) < 4.78 is 0. The highest BCUT2D eigenvalue weighted by Crippen LogP contribution is 2.25. The molecule has 0 amide bonds. The van der Waals surface area contributed by atoms with Gasteiger partial charge in [-0.05, 0) is 24.6 Å². The van der Waals surface area contributed by atoms with Crippen molar-refractivity contribution in [2.75, 3.05) is 26.0 Å². The molecule has 0 aliphatic carbocycles. The van der Waals surface area contributed by atoms with Gasteiger partial charge in [-0.2, -0.15) is 0 Å². The number of hydrogen-bond donors (Lipinski definition) is 1. The second-order valence-electron chi connectivity index (χ2n) is 4.95. The number of anilines is 1. The Labute approximate surface area is 108 Å². The van der Waals surface area contributed by atoms with Gasteiger partial charge in [0.15, 0.2) is 0 Å². The van der Waals surface area contributed by atoms with Crippen molar-refractivity contribution in [3.63, 3.8) is 0 Å². The van der Waals surface area contributed by atoms with Crippen molar-refractivity contribution < 1.29 is 4.92 Å². The zero-order valence-corrected chi connectivity index (χ0v) is 11.4. The minimum atomic E-state index is -0.368. The van der Waals surface area contributed by atoms with Crippen molar-refractivity contribution in [1.29, 1.82) is 0 Å². The zero-order chi connectivity index (χ0) is 13.7. The van der Waals surface area contributed by atoms with Crippen LogP contribution in [0.1, 0.15) is 19.4 Å². The largest absolute Gasteiger partial charge is 0.383 e. The van der Waals surface area contributed by atoms with Gasteiger partial charge < -0.3 is 10.2 Å². The van der Waals surface area contributed by atoms with E-state index in [0.717, 1.165) is 18.7 Å². The molecule has 0 heterocycles. The molecule has 5 heteroatoms. The summed E-state index contributed by atoms with van der Waals surface area (Å²) in [5.74, 6) is 0.608. The van der Waals surface area contributed by atoms with Crippen molar-refractivity contribution in [2.45, 2.75) is 20.4 Å². The first-order valence-electron chi connectivity index (χ1n) is 6.07. The third-order valence-electron chi connectivity index (χ3n) is 2.66. The molecule has 1 aromatic rings. The molecule has 0 aliphatic rings. The summed E-state index contributed by atoms with van der Waals surface area (Å²) in [6.07, 6.45) is 0. The van der Waals surface area contributed by atoms with E-state index in [1.807, 2.05) is 12.1 Å². The molecule has 100 valence electrons. The molecule has 0 aliphatic heterocycles. The molecular weight excluding hydrogens is 230 g/mol. The standard InChI is InChI=1S/C13H21N3O2/c1-10(2)8-15(4)9-11-5-6-13(16(17)18)12(7-11)14-3/h5-7,10,14H,8-9H2,1-4H3. The van der Waals surface area contributed by atoms with E-state index in [4.69, 9.17) is 0 Å². The van der Waals surface area contributed by atoms with Crippen molar-refractivity contribution in [3.8, 4) is 0 Å². The second-order valence-corrected chi connectivity index (χ2v) is 4.95. The van der Waals surface area contributed by atoms with Crippen molar-refractivity contribution in [3.05, 3.63) is 33.9 Å². The van der Waals surface area contributed by atoms with Gasteiger partial charge in [-0.3, -0.25) is 10.1 Å².